The lowest BCUT2D eigenvalue weighted by atomic mass is 10.5. The van der Waals surface area contributed by atoms with Gasteiger partial charge in [-0.15, -0.1) is 6.58 Å². The van der Waals surface area contributed by atoms with Crippen LogP contribution < -0.4 is 17.2 Å². The lowest BCUT2D eigenvalue weighted by Crippen LogP contribution is -2.52. The molecule has 0 bridgehead atoms. The summed E-state index contributed by atoms with van der Waals surface area (Å²) in [6.45, 7) is 4.06. The number of nitrogens with zero attached hydrogens (tertiary/aromatic N) is 3. The maximum atomic E-state index is 5.60. The summed E-state index contributed by atoms with van der Waals surface area (Å²) in [5.74, 6) is 0.384. The van der Waals surface area contributed by atoms with Crippen LogP contribution in [0.4, 0.5) is 0 Å². The predicted molar refractivity (Wildman–Crippen MR) is 48.1 cm³/mol. The molecular formula is C6H12N6. The Morgan fingerprint density at radius 2 is 2.25 bits per heavy atom. The molecule has 0 saturated carbocycles. The average molecular weight is 168 g/mol. The number of nitrogens with two attached hydrogens (primary N) is 3. The van der Waals surface area contributed by atoms with Crippen molar-refractivity contribution in [1.82, 2.24) is 4.90 Å². The van der Waals surface area contributed by atoms with E-state index in [1.54, 1.807) is 11.0 Å². The summed E-state index contributed by atoms with van der Waals surface area (Å²) in [4.78, 5) is 9.16. The van der Waals surface area contributed by atoms with Gasteiger partial charge in [-0.1, -0.05) is 6.08 Å². The lowest BCUT2D eigenvalue weighted by molar-refractivity contribution is 0.346. The predicted octanol–water partition coefficient (Wildman–Crippen LogP) is -1.64. The van der Waals surface area contributed by atoms with Gasteiger partial charge in [0.2, 0.25) is 11.9 Å². The monoisotopic (exact) mass is 168 g/mol. The van der Waals surface area contributed by atoms with Gasteiger partial charge in [0.25, 0.3) is 0 Å². The van der Waals surface area contributed by atoms with Gasteiger partial charge in [0, 0.05) is 6.54 Å². The van der Waals surface area contributed by atoms with E-state index >= 15 is 0 Å². The molecular weight excluding hydrogens is 156 g/mol. The molecule has 1 heterocycles. The van der Waals surface area contributed by atoms with Crippen molar-refractivity contribution in [3.05, 3.63) is 12.7 Å². The zero-order valence-corrected chi connectivity index (χ0v) is 6.64. The fourth-order valence-corrected chi connectivity index (χ4v) is 0.892. The first-order valence-corrected chi connectivity index (χ1v) is 3.45. The zero-order chi connectivity index (χ0) is 9.14. The molecule has 0 aromatic rings. The van der Waals surface area contributed by atoms with Gasteiger partial charge < -0.3 is 16.4 Å². The van der Waals surface area contributed by atoms with E-state index < -0.39 is 6.29 Å². The molecule has 1 rings (SSSR count). The van der Waals surface area contributed by atoms with Gasteiger partial charge in [0.05, 0.1) is 0 Å². The van der Waals surface area contributed by atoms with Crippen molar-refractivity contribution in [3.8, 4) is 0 Å². The summed E-state index contributed by atoms with van der Waals surface area (Å²) in [6.07, 6.45) is 1.11. The Labute approximate surface area is 70.4 Å². The molecule has 0 aliphatic carbocycles. The highest BCUT2D eigenvalue weighted by Crippen LogP contribution is 2.00. The number of hydrogen-bond acceptors (Lipinski definition) is 6. The second kappa shape index (κ2) is 3.22. The van der Waals surface area contributed by atoms with Crippen LogP contribution >= 0.6 is 0 Å². The third-order valence-electron chi connectivity index (χ3n) is 1.43. The molecule has 0 saturated heterocycles. The lowest BCUT2D eigenvalue weighted by Gasteiger charge is -2.28. The Balaban J connectivity index is 2.79. The van der Waals surface area contributed by atoms with Crippen molar-refractivity contribution in [2.24, 2.45) is 27.2 Å². The highest BCUT2D eigenvalue weighted by atomic mass is 15.4. The molecule has 1 aliphatic rings. The van der Waals surface area contributed by atoms with Crippen LogP contribution in [0.1, 0.15) is 0 Å². The van der Waals surface area contributed by atoms with Gasteiger partial charge >= 0.3 is 0 Å². The van der Waals surface area contributed by atoms with Crippen molar-refractivity contribution in [1.29, 1.82) is 0 Å². The summed E-state index contributed by atoms with van der Waals surface area (Å²) in [6, 6.07) is 0. The van der Waals surface area contributed by atoms with Crippen LogP contribution in [0.5, 0.6) is 0 Å². The van der Waals surface area contributed by atoms with Crippen LogP contribution in [-0.4, -0.2) is 29.7 Å². The van der Waals surface area contributed by atoms with Gasteiger partial charge in [-0.2, -0.15) is 4.99 Å². The van der Waals surface area contributed by atoms with Crippen molar-refractivity contribution < 1.29 is 0 Å². The van der Waals surface area contributed by atoms with E-state index in [4.69, 9.17) is 17.2 Å². The Kier molecular flexibility index (Phi) is 2.29. The molecule has 1 unspecified atom stereocenters. The highest BCUT2D eigenvalue weighted by molar-refractivity contribution is 5.95. The number of guanidine groups is 2. The third-order valence-corrected chi connectivity index (χ3v) is 1.43. The Morgan fingerprint density at radius 3 is 2.75 bits per heavy atom. The van der Waals surface area contributed by atoms with E-state index in [0.29, 0.717) is 6.54 Å². The molecule has 1 aliphatic heterocycles. The molecule has 6 N–H and O–H groups in total. The summed E-state index contributed by atoms with van der Waals surface area (Å²) < 4.78 is 0. The van der Waals surface area contributed by atoms with E-state index in [0.717, 1.165) is 0 Å². The highest BCUT2D eigenvalue weighted by Gasteiger charge is 2.18. The smallest absolute Gasteiger partial charge is 0.221 e. The maximum Gasteiger partial charge on any atom is 0.221 e. The zero-order valence-electron chi connectivity index (χ0n) is 6.64. The molecule has 12 heavy (non-hydrogen) atoms. The topological polar surface area (TPSA) is 106 Å². The Bertz CT molecular complexity index is 242. The largest absolute Gasteiger partial charge is 0.369 e. The number of hydrogen-bond donors (Lipinski definition) is 3. The molecule has 0 radical (unpaired) electrons. The second-order valence-electron chi connectivity index (χ2n) is 2.31. The van der Waals surface area contributed by atoms with Crippen LogP contribution in [0.3, 0.4) is 0 Å². The molecule has 0 aromatic carbocycles. The van der Waals surface area contributed by atoms with E-state index in [9.17, 15) is 0 Å². The van der Waals surface area contributed by atoms with E-state index in [-0.39, 0.29) is 11.9 Å². The first-order chi connectivity index (χ1) is 5.65. The quantitative estimate of drug-likeness (QED) is 0.430. The minimum absolute atomic E-state index is 0.111. The molecule has 0 spiro atoms. The SMILES string of the molecule is C=CCN1C(N)=NC(N)=NC1N. The fourth-order valence-electron chi connectivity index (χ4n) is 0.892. The Hall–Kier alpha value is -1.56. The maximum absolute atomic E-state index is 5.60. The van der Waals surface area contributed by atoms with Crippen LogP contribution in [0.25, 0.3) is 0 Å². The molecule has 66 valence electrons. The number of rotatable bonds is 2. The standard InChI is InChI=1S/C6H12N6/c1-2-3-12-5(8)10-4(7)11-6(12)9/h2,5H,1,3,8H2,(H4,7,9,10,11). The van der Waals surface area contributed by atoms with E-state index in [1.807, 2.05) is 0 Å². The summed E-state index contributed by atoms with van der Waals surface area (Å²) in [5.41, 5.74) is 16.5. The normalized spacial score (nSPS) is 23.1. The van der Waals surface area contributed by atoms with Gasteiger partial charge in [-0.3, -0.25) is 5.73 Å². The summed E-state index contributed by atoms with van der Waals surface area (Å²) >= 11 is 0. The molecule has 6 nitrogen and oxygen atoms in total. The molecule has 0 amide bonds. The van der Waals surface area contributed by atoms with Crippen LogP contribution in [0.15, 0.2) is 22.6 Å². The van der Waals surface area contributed by atoms with E-state index in [1.165, 1.54) is 0 Å². The van der Waals surface area contributed by atoms with Gasteiger partial charge in [-0.25, -0.2) is 4.99 Å². The summed E-state index contributed by atoms with van der Waals surface area (Å²) in [7, 11) is 0. The second-order valence-corrected chi connectivity index (χ2v) is 2.31. The number of aliphatic imine (C=N–C) groups is 2. The minimum Gasteiger partial charge on any atom is -0.369 e. The van der Waals surface area contributed by atoms with Crippen molar-refractivity contribution in [2.45, 2.75) is 6.29 Å². The van der Waals surface area contributed by atoms with Gasteiger partial charge in [0.15, 0.2) is 6.29 Å². The fraction of sp³-hybridized carbons (Fsp3) is 0.333. The van der Waals surface area contributed by atoms with Crippen molar-refractivity contribution in [3.63, 3.8) is 0 Å². The van der Waals surface area contributed by atoms with Crippen molar-refractivity contribution >= 4 is 11.9 Å². The third kappa shape index (κ3) is 1.54. The van der Waals surface area contributed by atoms with Crippen LogP contribution in [0, 0.1) is 0 Å². The molecule has 1 atom stereocenters. The Morgan fingerprint density at radius 1 is 1.58 bits per heavy atom. The first-order valence-electron chi connectivity index (χ1n) is 3.45. The van der Waals surface area contributed by atoms with Crippen LogP contribution in [0.2, 0.25) is 0 Å². The minimum atomic E-state index is -0.555. The molecule has 0 aromatic heterocycles. The average Bonchev–Trinajstić information content (AvgIpc) is 1.96. The summed E-state index contributed by atoms with van der Waals surface area (Å²) in [5, 5.41) is 0. The van der Waals surface area contributed by atoms with Gasteiger partial charge in [0.1, 0.15) is 0 Å². The molecule has 0 fully saturated rings. The van der Waals surface area contributed by atoms with E-state index in [2.05, 4.69) is 16.6 Å². The van der Waals surface area contributed by atoms with Crippen molar-refractivity contribution in [2.75, 3.05) is 6.54 Å². The molecule has 6 heteroatoms. The van der Waals surface area contributed by atoms with Crippen LogP contribution in [-0.2, 0) is 0 Å². The van der Waals surface area contributed by atoms with Gasteiger partial charge in [-0.05, 0) is 0 Å². The first kappa shape index (κ1) is 8.54.